The summed E-state index contributed by atoms with van der Waals surface area (Å²) in [7, 11) is 0. The van der Waals surface area contributed by atoms with Crippen molar-refractivity contribution in [1.82, 2.24) is 4.40 Å². The Bertz CT molecular complexity index is 5960. The summed E-state index contributed by atoms with van der Waals surface area (Å²) in [6.07, 6.45) is 0. The highest BCUT2D eigenvalue weighted by Crippen LogP contribution is 2.53. The molecule has 0 amide bonds. The van der Waals surface area contributed by atoms with Crippen LogP contribution in [0, 0.1) is 0 Å². The molecular weight excluding hydrogens is 1040 g/mol. The minimum absolute atomic E-state index is 0.893. The van der Waals surface area contributed by atoms with Gasteiger partial charge in [0.05, 0.1) is 16.6 Å². The van der Waals surface area contributed by atoms with Crippen molar-refractivity contribution in [2.24, 2.45) is 0 Å². The average Bonchev–Trinajstić information content (AvgIpc) is 1.53. The van der Waals surface area contributed by atoms with E-state index in [1.165, 1.54) is 169 Å². The molecule has 0 spiro atoms. The fraction of sp³-hybridized carbons (Fsp3) is 0. The predicted molar refractivity (Wildman–Crippen MR) is 366 cm³/mol. The van der Waals surface area contributed by atoms with Gasteiger partial charge in [0.15, 0.2) is 0 Å². The molecule has 0 aliphatic rings. The van der Waals surface area contributed by atoms with E-state index in [9.17, 15) is 0 Å². The van der Waals surface area contributed by atoms with Crippen LogP contribution in [0.15, 0.2) is 302 Å². The molecule has 3 aromatic heterocycles. The first-order chi connectivity index (χ1) is 42.7. The van der Waals surface area contributed by atoms with Gasteiger partial charge >= 0.3 is 0 Å². The van der Waals surface area contributed by atoms with Crippen molar-refractivity contribution < 1.29 is 4.42 Å². The lowest BCUT2D eigenvalue weighted by Gasteiger charge is -2.21. The molecule has 0 saturated heterocycles. The molecule has 16 aromatic carbocycles. The van der Waals surface area contributed by atoms with Gasteiger partial charge in [0.1, 0.15) is 11.2 Å². The number of furan rings is 1. The highest BCUT2D eigenvalue weighted by atomic mass is 16.3. The van der Waals surface area contributed by atoms with Crippen molar-refractivity contribution in [2.45, 2.75) is 0 Å². The van der Waals surface area contributed by atoms with Crippen LogP contribution in [0.4, 0.5) is 0 Å². The molecule has 2 nitrogen and oxygen atoms in total. The summed E-state index contributed by atoms with van der Waals surface area (Å²) in [5.41, 5.74) is 20.0. The van der Waals surface area contributed by atoms with Gasteiger partial charge in [-0.2, -0.15) is 0 Å². The Hall–Kier alpha value is -11.3. The number of hydrogen-bond donors (Lipinski definition) is 0. The Morgan fingerprint density at radius 2 is 0.698 bits per heavy atom. The maximum absolute atomic E-state index is 6.55. The molecule has 0 N–H and O–H groups in total. The van der Waals surface area contributed by atoms with Crippen LogP contribution in [-0.4, -0.2) is 4.40 Å². The molecule has 3 heterocycles. The van der Waals surface area contributed by atoms with Gasteiger partial charge < -0.3 is 8.82 Å². The minimum atomic E-state index is 0.893. The highest BCUT2D eigenvalue weighted by molar-refractivity contribution is 6.32. The quantitative estimate of drug-likeness (QED) is 0.152. The maximum Gasteiger partial charge on any atom is 0.136 e. The second kappa shape index (κ2) is 18.1. The predicted octanol–water partition coefficient (Wildman–Crippen LogP) is 23.7. The summed E-state index contributed by atoms with van der Waals surface area (Å²) in [5.74, 6) is 0. The third-order valence-electron chi connectivity index (χ3n) is 18.8. The van der Waals surface area contributed by atoms with Crippen molar-refractivity contribution in [1.29, 1.82) is 0 Å². The van der Waals surface area contributed by atoms with Gasteiger partial charge in [-0.25, -0.2) is 0 Å². The molecule has 0 fully saturated rings. The second-order valence-corrected chi connectivity index (χ2v) is 23.3. The summed E-state index contributed by atoms with van der Waals surface area (Å²) < 4.78 is 9.11. The molecule has 19 rings (SSSR count). The van der Waals surface area contributed by atoms with Crippen molar-refractivity contribution in [3.05, 3.63) is 297 Å². The first-order valence-electron chi connectivity index (χ1n) is 29.8. The first-order valence-corrected chi connectivity index (χ1v) is 29.8. The van der Waals surface area contributed by atoms with Crippen molar-refractivity contribution in [2.75, 3.05) is 0 Å². The summed E-state index contributed by atoms with van der Waals surface area (Å²) in [5, 5.41) is 22.0. The van der Waals surface area contributed by atoms with Crippen LogP contribution in [0.5, 0.6) is 0 Å². The van der Waals surface area contributed by atoms with Gasteiger partial charge in [0, 0.05) is 32.3 Å². The Morgan fingerprint density at radius 3 is 1.36 bits per heavy atom. The van der Waals surface area contributed by atoms with Crippen molar-refractivity contribution in [3.63, 3.8) is 0 Å². The van der Waals surface area contributed by atoms with E-state index in [0.29, 0.717) is 0 Å². The molecule has 0 bridgehead atoms. The molecule has 0 radical (unpaired) electrons. The van der Waals surface area contributed by atoms with E-state index in [0.717, 1.165) is 21.9 Å². The van der Waals surface area contributed by atoms with E-state index in [4.69, 9.17) is 4.42 Å². The summed E-state index contributed by atoms with van der Waals surface area (Å²) in [6, 6.07) is 111. The number of aromatic nitrogens is 1. The lowest BCUT2D eigenvalue weighted by Crippen LogP contribution is -1.95. The zero-order chi connectivity index (χ0) is 56.1. The lowest BCUT2D eigenvalue weighted by molar-refractivity contribution is 0.669. The molecule has 0 unspecified atom stereocenters. The molecule has 396 valence electrons. The molecule has 0 aliphatic heterocycles. The van der Waals surface area contributed by atoms with Crippen LogP contribution in [0.3, 0.4) is 0 Å². The lowest BCUT2D eigenvalue weighted by atomic mass is 9.81. The number of nitrogens with zero attached hydrogens (tertiary/aromatic N) is 1. The zero-order valence-corrected chi connectivity index (χ0v) is 46.6. The van der Waals surface area contributed by atoms with Gasteiger partial charge in [-0.15, -0.1) is 0 Å². The largest absolute Gasteiger partial charge is 0.456 e. The molecular formula is C84H49NO. The average molecular weight is 1090 g/mol. The van der Waals surface area contributed by atoms with Crippen LogP contribution in [0.1, 0.15) is 0 Å². The summed E-state index contributed by atoms with van der Waals surface area (Å²) >= 11 is 0. The zero-order valence-electron chi connectivity index (χ0n) is 46.6. The fourth-order valence-electron chi connectivity index (χ4n) is 15.2. The van der Waals surface area contributed by atoms with E-state index in [2.05, 4.69) is 302 Å². The normalized spacial score (nSPS) is 12.2. The van der Waals surface area contributed by atoms with Gasteiger partial charge in [-0.1, -0.05) is 255 Å². The van der Waals surface area contributed by atoms with Crippen molar-refractivity contribution >= 4 is 125 Å². The van der Waals surface area contributed by atoms with E-state index in [1.54, 1.807) is 0 Å². The molecule has 86 heavy (non-hydrogen) atoms. The molecule has 19 aromatic rings. The molecule has 0 aliphatic carbocycles. The number of benzene rings is 16. The Balaban J connectivity index is 0.828. The van der Waals surface area contributed by atoms with Crippen molar-refractivity contribution in [3.8, 4) is 66.8 Å². The van der Waals surface area contributed by atoms with Gasteiger partial charge in [0.2, 0.25) is 0 Å². The SMILES string of the molecule is c1ccc(-c2c(-c3ccc4c5ccc(-c6c7ccccc7c(-c7ccc8ccccc8c7)c7ccccc67)c6c7ccccc7n(c4c3)c56)cccc2-c2c3ccccc3c(-c3ccc4oc5cc6ccccc6cc5c4c3)c3ccccc23)cc1. The van der Waals surface area contributed by atoms with E-state index in [-0.39, 0.29) is 0 Å². The van der Waals surface area contributed by atoms with Crippen LogP contribution in [0.2, 0.25) is 0 Å². The van der Waals surface area contributed by atoms with E-state index in [1.807, 2.05) is 0 Å². The molecule has 0 atom stereocenters. The third-order valence-corrected chi connectivity index (χ3v) is 18.8. The number of fused-ring (bicyclic) bond motifs is 15. The van der Waals surface area contributed by atoms with E-state index < -0.39 is 0 Å². The molecule has 2 heteroatoms. The van der Waals surface area contributed by atoms with Gasteiger partial charge in [-0.05, 0) is 174 Å². The summed E-state index contributed by atoms with van der Waals surface area (Å²) in [6.45, 7) is 0. The number of hydrogen-bond acceptors (Lipinski definition) is 1. The fourth-order valence-corrected chi connectivity index (χ4v) is 15.2. The summed E-state index contributed by atoms with van der Waals surface area (Å²) in [4.78, 5) is 0. The first kappa shape index (κ1) is 47.2. The van der Waals surface area contributed by atoms with E-state index >= 15 is 0 Å². The molecule has 0 saturated carbocycles. The van der Waals surface area contributed by atoms with Crippen LogP contribution >= 0.6 is 0 Å². The standard InChI is InChI=1S/C84H49NO/c1-2-20-51(21-3-1)78-58(34-18-35-70(78)81-64-29-12-10-27-62(64)80(63-28-11-13-30-65(63)81)57-40-44-76-72(47-57)73-46-53-23-6-7-24-54(53)49-77(73)86-76)55-39-41-59-68-42-43-71(83-69-33-16-17-36-74(69)85(84(68)83)75(59)48-55)82-66-31-14-8-25-60(66)79(61-26-9-15-32-67(61)82)56-38-37-50-19-4-5-22-52(50)45-56/h1-49H. The van der Waals surface area contributed by atoms with Crippen LogP contribution < -0.4 is 0 Å². The Morgan fingerprint density at radius 1 is 0.209 bits per heavy atom. The number of para-hydroxylation sites is 1. The minimum Gasteiger partial charge on any atom is -0.456 e. The van der Waals surface area contributed by atoms with Crippen LogP contribution in [-0.2, 0) is 0 Å². The Kier molecular flexibility index (Phi) is 9.93. The van der Waals surface area contributed by atoms with Gasteiger partial charge in [-0.3, -0.25) is 0 Å². The topological polar surface area (TPSA) is 17.6 Å². The smallest absolute Gasteiger partial charge is 0.136 e. The third kappa shape index (κ3) is 6.72. The Labute approximate surface area is 494 Å². The number of rotatable bonds is 6. The second-order valence-electron chi connectivity index (χ2n) is 23.3. The van der Waals surface area contributed by atoms with Gasteiger partial charge in [0.25, 0.3) is 0 Å². The highest BCUT2D eigenvalue weighted by Gasteiger charge is 2.27. The van der Waals surface area contributed by atoms with Crippen LogP contribution in [0.25, 0.3) is 191 Å². The maximum atomic E-state index is 6.55. The monoisotopic (exact) mass is 1090 g/mol.